The minimum absolute atomic E-state index is 0.806. The quantitative estimate of drug-likeness (QED) is 0.282. The predicted octanol–water partition coefficient (Wildman–Crippen LogP) is 8.18. The van der Waals surface area contributed by atoms with Gasteiger partial charge in [0.2, 0.25) is 0 Å². The summed E-state index contributed by atoms with van der Waals surface area (Å²) in [6.07, 6.45) is 0. The average Bonchev–Trinajstić information content (AvgIpc) is 2.89. The van der Waals surface area contributed by atoms with Crippen LogP contribution in [0.15, 0.2) is 137 Å². The highest BCUT2D eigenvalue weighted by Gasteiger charge is 2.17. The molecule has 2 aliphatic rings. The normalized spacial score (nSPS) is 11.7. The van der Waals surface area contributed by atoms with Crippen LogP contribution in [0, 0.1) is 0 Å². The van der Waals surface area contributed by atoms with E-state index in [-0.39, 0.29) is 0 Å². The molecule has 4 aromatic rings. The average molecular weight is 439 g/mol. The van der Waals surface area contributed by atoms with Gasteiger partial charge in [-0.05, 0) is 54.1 Å². The van der Waals surface area contributed by atoms with Crippen molar-refractivity contribution >= 4 is 28.0 Å². The summed E-state index contributed by atoms with van der Waals surface area (Å²) < 4.78 is 6.47. The second-order valence-electron chi connectivity index (χ2n) is 8.17. The zero-order valence-corrected chi connectivity index (χ0v) is 18.5. The fourth-order valence-electron chi connectivity index (χ4n) is 4.28. The summed E-state index contributed by atoms with van der Waals surface area (Å²) in [5.74, 6) is 0.806. The third-order valence-corrected chi connectivity index (χ3v) is 5.84. The first kappa shape index (κ1) is 20.0. The van der Waals surface area contributed by atoms with Crippen LogP contribution < -0.4 is 10.7 Å². The molecule has 34 heavy (non-hydrogen) atoms. The highest BCUT2D eigenvalue weighted by atomic mass is 16.3. The summed E-state index contributed by atoms with van der Waals surface area (Å²) in [6.45, 7) is 0. The molecule has 0 saturated heterocycles. The first-order valence-electron chi connectivity index (χ1n) is 11.3. The molecule has 0 amide bonds. The lowest BCUT2D eigenvalue weighted by Gasteiger charge is -2.16. The number of hydrogen-bond acceptors (Lipinski definition) is 3. The highest BCUT2D eigenvalue weighted by Crippen LogP contribution is 2.40. The van der Waals surface area contributed by atoms with E-state index < -0.39 is 0 Å². The van der Waals surface area contributed by atoms with Crippen molar-refractivity contribution < 1.29 is 4.42 Å². The second-order valence-corrected chi connectivity index (χ2v) is 8.17. The van der Waals surface area contributed by atoms with Gasteiger partial charge in [-0.25, -0.2) is 4.99 Å². The Bertz CT molecular complexity index is 1600. The molecule has 0 saturated carbocycles. The molecular weight excluding hydrogens is 416 g/mol. The van der Waals surface area contributed by atoms with Gasteiger partial charge < -0.3 is 9.73 Å². The minimum atomic E-state index is 0.806. The Labute approximate surface area is 198 Å². The van der Waals surface area contributed by atoms with Gasteiger partial charge in [0.05, 0.1) is 11.0 Å². The van der Waals surface area contributed by atoms with Gasteiger partial charge in [-0.15, -0.1) is 0 Å². The first-order valence-corrected chi connectivity index (χ1v) is 11.3. The molecule has 1 aliphatic heterocycles. The fourth-order valence-corrected chi connectivity index (χ4v) is 4.28. The topological polar surface area (TPSA) is 37.5 Å². The van der Waals surface area contributed by atoms with Gasteiger partial charge in [-0.3, -0.25) is 0 Å². The van der Waals surface area contributed by atoms with Crippen molar-refractivity contribution in [2.75, 3.05) is 5.32 Å². The molecule has 0 bridgehead atoms. The van der Waals surface area contributed by atoms with Crippen molar-refractivity contribution in [2.24, 2.45) is 4.99 Å². The Morgan fingerprint density at radius 1 is 0.588 bits per heavy atom. The van der Waals surface area contributed by atoms with E-state index in [1.807, 2.05) is 60.7 Å². The first-order chi connectivity index (χ1) is 16.8. The zero-order chi connectivity index (χ0) is 22.7. The predicted molar refractivity (Wildman–Crippen MR) is 140 cm³/mol. The van der Waals surface area contributed by atoms with Gasteiger partial charge >= 0.3 is 0 Å². The van der Waals surface area contributed by atoms with Gasteiger partial charge in [-0.2, -0.15) is 0 Å². The number of para-hydroxylation sites is 2. The van der Waals surface area contributed by atoms with E-state index in [0.717, 1.165) is 55.8 Å². The van der Waals surface area contributed by atoms with Gasteiger partial charge in [0.1, 0.15) is 11.3 Å². The van der Waals surface area contributed by atoms with Gasteiger partial charge in [0, 0.05) is 40.0 Å². The molecule has 0 spiro atoms. The van der Waals surface area contributed by atoms with Crippen molar-refractivity contribution in [3.8, 4) is 22.5 Å². The van der Waals surface area contributed by atoms with Gasteiger partial charge in [0.15, 0.2) is 0 Å². The lowest BCUT2D eigenvalue weighted by molar-refractivity contribution is 0.619. The maximum absolute atomic E-state index is 6.47. The maximum Gasteiger partial charge on any atom is 0.137 e. The van der Waals surface area contributed by atoms with Crippen LogP contribution in [0.2, 0.25) is 0 Å². The van der Waals surface area contributed by atoms with Crippen LogP contribution in [0.1, 0.15) is 0 Å². The fraction of sp³-hybridized carbons (Fsp3) is 0. The monoisotopic (exact) mass is 438 g/mol. The molecule has 6 rings (SSSR count). The van der Waals surface area contributed by atoms with Crippen molar-refractivity contribution in [1.29, 1.82) is 0 Å². The van der Waals surface area contributed by atoms with Crippen LogP contribution in [0.25, 0.3) is 33.4 Å². The third kappa shape index (κ3) is 3.96. The van der Waals surface area contributed by atoms with E-state index in [2.05, 4.69) is 72.0 Å². The molecule has 162 valence electrons. The molecule has 1 aliphatic carbocycles. The van der Waals surface area contributed by atoms with Crippen LogP contribution in [-0.4, -0.2) is 0 Å². The Morgan fingerprint density at radius 2 is 1.29 bits per heavy atom. The zero-order valence-electron chi connectivity index (χ0n) is 18.5. The number of hydrogen-bond donors (Lipinski definition) is 1. The maximum atomic E-state index is 6.47. The van der Waals surface area contributed by atoms with E-state index in [4.69, 9.17) is 9.41 Å². The van der Waals surface area contributed by atoms with E-state index >= 15 is 0 Å². The summed E-state index contributed by atoms with van der Waals surface area (Å²) in [5.41, 5.74) is 7.14. The largest absolute Gasteiger partial charge is 0.456 e. The Hall–Kier alpha value is -4.63. The summed E-state index contributed by atoms with van der Waals surface area (Å²) in [7, 11) is 0. The van der Waals surface area contributed by atoms with Crippen molar-refractivity contribution in [3.63, 3.8) is 0 Å². The molecule has 3 nitrogen and oxygen atoms in total. The molecule has 3 heteroatoms. The van der Waals surface area contributed by atoms with Crippen LogP contribution in [0.5, 0.6) is 0 Å². The van der Waals surface area contributed by atoms with Crippen molar-refractivity contribution in [1.82, 2.24) is 0 Å². The lowest BCUT2D eigenvalue weighted by Crippen LogP contribution is -2.02. The van der Waals surface area contributed by atoms with E-state index in [0.29, 0.717) is 0 Å². The van der Waals surface area contributed by atoms with Crippen LogP contribution in [-0.2, 0) is 0 Å². The highest BCUT2D eigenvalue weighted by molar-refractivity contribution is 6.02. The summed E-state index contributed by atoms with van der Waals surface area (Å²) in [5, 5.41) is 5.40. The Kier molecular flexibility index (Phi) is 5.13. The Balaban J connectivity index is 1.56. The standard InChI is InChI=1S/C31H22N2O/c1-4-10-22(11-5-1)31-27-18-16-25(32-23-12-6-2-7-13-23)20-29(27)34-30-21-26(17-19-28(30)31)33-24-14-8-3-9-15-24/h1-21,32H. The molecule has 1 N–H and O–H groups in total. The molecule has 4 aromatic carbocycles. The molecular formula is C31H22N2O. The number of anilines is 2. The molecule has 0 aromatic heterocycles. The van der Waals surface area contributed by atoms with Crippen LogP contribution >= 0.6 is 0 Å². The Morgan fingerprint density at radius 3 is 2.06 bits per heavy atom. The van der Waals surface area contributed by atoms with E-state index in [9.17, 15) is 0 Å². The molecule has 0 unspecified atom stereocenters. The van der Waals surface area contributed by atoms with Gasteiger partial charge in [0.25, 0.3) is 0 Å². The van der Waals surface area contributed by atoms with Gasteiger partial charge in [-0.1, -0.05) is 66.7 Å². The summed E-state index contributed by atoms with van der Waals surface area (Å²) in [4.78, 5) is 4.77. The smallest absolute Gasteiger partial charge is 0.137 e. The molecule has 0 atom stereocenters. The SMILES string of the molecule is c1ccc(N=c2ccc3c(-c4ccccc4)c4ccc(Nc5ccccc5)cc4oc-3c2)cc1. The molecule has 0 radical (unpaired) electrons. The molecule has 0 fully saturated rings. The van der Waals surface area contributed by atoms with Crippen molar-refractivity contribution in [2.45, 2.75) is 0 Å². The van der Waals surface area contributed by atoms with Crippen molar-refractivity contribution in [3.05, 3.63) is 133 Å². The minimum Gasteiger partial charge on any atom is -0.456 e. The summed E-state index contributed by atoms with van der Waals surface area (Å²) in [6, 6.07) is 43.1. The van der Waals surface area contributed by atoms with E-state index in [1.54, 1.807) is 0 Å². The molecule has 1 heterocycles. The number of nitrogens with zero attached hydrogens (tertiary/aromatic N) is 1. The second kappa shape index (κ2) is 8.72. The lowest BCUT2D eigenvalue weighted by atomic mass is 9.93. The third-order valence-electron chi connectivity index (χ3n) is 5.84. The number of fused-ring (bicyclic) bond motifs is 2. The number of rotatable bonds is 4. The van der Waals surface area contributed by atoms with Crippen LogP contribution in [0.3, 0.4) is 0 Å². The van der Waals surface area contributed by atoms with Crippen LogP contribution in [0.4, 0.5) is 17.1 Å². The summed E-state index contributed by atoms with van der Waals surface area (Å²) >= 11 is 0. The number of benzene rings is 5. The number of nitrogens with one attached hydrogen (secondary N) is 1. The van der Waals surface area contributed by atoms with E-state index in [1.165, 1.54) is 0 Å².